The predicted molar refractivity (Wildman–Crippen MR) is 42.4 cm³/mol. The second-order valence-electron chi connectivity index (χ2n) is 2.90. The van der Waals surface area contributed by atoms with Crippen molar-refractivity contribution >= 4 is 0 Å². The van der Waals surface area contributed by atoms with Crippen molar-refractivity contribution in [2.24, 2.45) is 0 Å². The van der Waals surface area contributed by atoms with Crippen molar-refractivity contribution in [2.45, 2.75) is 31.7 Å². The van der Waals surface area contributed by atoms with Crippen LogP contribution >= 0.6 is 0 Å². The topological polar surface area (TPSA) is 3.24 Å². The number of hydrogen-bond donors (Lipinski definition) is 0. The predicted octanol–water partition coefficient (Wildman–Crippen LogP) is -1.06. The molecule has 0 aliphatic heterocycles. The molecule has 0 amide bonds. The van der Waals surface area contributed by atoms with Gasteiger partial charge in [-0.1, -0.05) is 12.8 Å². The van der Waals surface area contributed by atoms with Gasteiger partial charge >= 0.3 is 18.9 Å². The molecule has 0 atom stereocenters. The summed E-state index contributed by atoms with van der Waals surface area (Å²) in [6, 6.07) is 0.898. The van der Waals surface area contributed by atoms with Crippen LogP contribution in [0.2, 0.25) is 0 Å². The maximum Gasteiger partial charge on any atom is 1.00 e. The van der Waals surface area contributed by atoms with E-state index in [1.807, 2.05) is 0 Å². The van der Waals surface area contributed by atoms with E-state index in [0.29, 0.717) is 0 Å². The second kappa shape index (κ2) is 6.28. The van der Waals surface area contributed by atoms with Gasteiger partial charge < -0.3 is 12.3 Å². The Morgan fingerprint density at radius 3 is 1.70 bits per heavy atom. The molecule has 0 N–H and O–H groups in total. The van der Waals surface area contributed by atoms with Gasteiger partial charge in [0.15, 0.2) is 0 Å². The second-order valence-corrected chi connectivity index (χ2v) is 2.90. The maximum atomic E-state index is 2.34. The van der Waals surface area contributed by atoms with Crippen LogP contribution in [0, 0.1) is 7.43 Å². The Morgan fingerprint density at radius 1 is 1.10 bits per heavy atom. The Labute approximate surface area is 77.4 Å². The zero-order chi connectivity index (χ0) is 5.98. The Hall–Kier alpha value is 0.557. The average molecular weight is 135 g/mol. The first-order chi connectivity index (χ1) is 3.80. The summed E-state index contributed by atoms with van der Waals surface area (Å²) in [4.78, 5) is 2.34. The normalized spacial score (nSPS) is 18.3. The summed E-state index contributed by atoms with van der Waals surface area (Å²) in [5.74, 6) is 0. The van der Waals surface area contributed by atoms with E-state index < -0.39 is 0 Å². The summed E-state index contributed by atoms with van der Waals surface area (Å²) >= 11 is 0. The molecule has 0 radical (unpaired) electrons. The van der Waals surface area contributed by atoms with Gasteiger partial charge in [-0.2, -0.15) is 0 Å². The quantitative estimate of drug-likeness (QED) is 0.327. The average Bonchev–Trinajstić information content (AvgIpc) is 2.12. The summed E-state index contributed by atoms with van der Waals surface area (Å²) in [7, 11) is 4.35. The molecule has 0 aromatic carbocycles. The van der Waals surface area contributed by atoms with E-state index in [1.165, 1.54) is 25.7 Å². The molecule has 10 heavy (non-hydrogen) atoms. The van der Waals surface area contributed by atoms with Gasteiger partial charge in [0.1, 0.15) is 0 Å². The summed E-state index contributed by atoms with van der Waals surface area (Å²) in [5.41, 5.74) is 0. The van der Waals surface area contributed by atoms with Gasteiger partial charge in [0.05, 0.1) is 0 Å². The standard InChI is InChI=1S/C7H15N.CH3.Li/c1-8(2)7-5-3-4-6-7;;/h7H,3-6H2,1-2H3;1H3;/q;-1;+1. The van der Waals surface area contributed by atoms with E-state index in [1.54, 1.807) is 0 Å². The van der Waals surface area contributed by atoms with Gasteiger partial charge in [0.25, 0.3) is 0 Å². The van der Waals surface area contributed by atoms with Crippen LogP contribution in [0.5, 0.6) is 0 Å². The number of hydrogen-bond acceptors (Lipinski definition) is 1. The molecule has 0 heterocycles. The Balaban J connectivity index is 0. The SMILES string of the molecule is CN(C)C1CCCC1.[CH3-].[Li+]. The van der Waals surface area contributed by atoms with Crippen molar-refractivity contribution in [1.82, 2.24) is 4.90 Å². The molecule has 0 spiro atoms. The minimum absolute atomic E-state index is 0. The number of nitrogens with zero attached hydrogens (tertiary/aromatic N) is 1. The molecule has 0 saturated heterocycles. The van der Waals surface area contributed by atoms with Crippen LogP contribution in [-0.2, 0) is 0 Å². The molecule has 1 aliphatic carbocycles. The summed E-state index contributed by atoms with van der Waals surface area (Å²) in [6.07, 6.45) is 5.74. The fourth-order valence-electron chi connectivity index (χ4n) is 1.42. The molecule has 0 aromatic heterocycles. The minimum atomic E-state index is 0. The Morgan fingerprint density at radius 2 is 1.50 bits per heavy atom. The van der Waals surface area contributed by atoms with E-state index in [2.05, 4.69) is 19.0 Å². The first kappa shape index (κ1) is 13.2. The smallest absolute Gasteiger partial charge is 0.358 e. The third-order valence-electron chi connectivity index (χ3n) is 2.05. The van der Waals surface area contributed by atoms with Crippen LogP contribution in [0.25, 0.3) is 0 Å². The van der Waals surface area contributed by atoms with Crippen LogP contribution in [0.4, 0.5) is 0 Å². The monoisotopic (exact) mass is 135 g/mol. The first-order valence-electron chi connectivity index (χ1n) is 3.47. The van der Waals surface area contributed by atoms with Crippen molar-refractivity contribution in [1.29, 1.82) is 0 Å². The minimum Gasteiger partial charge on any atom is -0.358 e. The molecule has 1 aliphatic rings. The van der Waals surface area contributed by atoms with E-state index in [4.69, 9.17) is 0 Å². The molecule has 0 aromatic rings. The van der Waals surface area contributed by atoms with E-state index in [0.717, 1.165) is 6.04 Å². The fourth-order valence-corrected chi connectivity index (χ4v) is 1.42. The molecule has 56 valence electrons. The summed E-state index contributed by atoms with van der Waals surface area (Å²) in [5, 5.41) is 0. The molecular weight excluding hydrogens is 117 g/mol. The molecule has 1 nitrogen and oxygen atoms in total. The van der Waals surface area contributed by atoms with Crippen molar-refractivity contribution in [3.63, 3.8) is 0 Å². The summed E-state index contributed by atoms with van der Waals surface area (Å²) < 4.78 is 0. The first-order valence-corrected chi connectivity index (χ1v) is 3.47. The third-order valence-corrected chi connectivity index (χ3v) is 2.05. The molecule has 0 bridgehead atoms. The van der Waals surface area contributed by atoms with Gasteiger partial charge in [-0.05, 0) is 26.9 Å². The Bertz CT molecular complexity index is 67.7. The van der Waals surface area contributed by atoms with Crippen molar-refractivity contribution in [3.05, 3.63) is 7.43 Å². The van der Waals surface area contributed by atoms with Crippen molar-refractivity contribution in [2.75, 3.05) is 14.1 Å². The van der Waals surface area contributed by atoms with E-state index in [-0.39, 0.29) is 26.3 Å². The van der Waals surface area contributed by atoms with E-state index in [9.17, 15) is 0 Å². The molecular formula is C8H18LiN. The van der Waals surface area contributed by atoms with Gasteiger partial charge in [-0.15, -0.1) is 0 Å². The molecule has 1 fully saturated rings. The molecule has 1 rings (SSSR count). The van der Waals surface area contributed by atoms with E-state index >= 15 is 0 Å². The zero-order valence-electron chi connectivity index (χ0n) is 7.85. The number of rotatable bonds is 1. The molecule has 0 unspecified atom stereocenters. The maximum absolute atomic E-state index is 2.34. The third kappa shape index (κ3) is 3.66. The summed E-state index contributed by atoms with van der Waals surface area (Å²) in [6.45, 7) is 0. The zero-order valence-corrected chi connectivity index (χ0v) is 7.85. The van der Waals surface area contributed by atoms with Crippen molar-refractivity contribution < 1.29 is 18.9 Å². The van der Waals surface area contributed by atoms with Crippen LogP contribution in [-0.4, -0.2) is 25.0 Å². The van der Waals surface area contributed by atoms with Gasteiger partial charge in [0.2, 0.25) is 0 Å². The largest absolute Gasteiger partial charge is 1.00 e. The molecule has 2 heteroatoms. The van der Waals surface area contributed by atoms with Gasteiger partial charge in [-0.25, -0.2) is 0 Å². The fraction of sp³-hybridized carbons (Fsp3) is 0.875. The molecule has 1 saturated carbocycles. The van der Waals surface area contributed by atoms with Crippen molar-refractivity contribution in [3.8, 4) is 0 Å². The van der Waals surface area contributed by atoms with Crippen LogP contribution < -0.4 is 18.9 Å². The van der Waals surface area contributed by atoms with Gasteiger partial charge in [0, 0.05) is 6.04 Å². The van der Waals surface area contributed by atoms with Crippen LogP contribution in [0.3, 0.4) is 0 Å². The van der Waals surface area contributed by atoms with Gasteiger partial charge in [-0.3, -0.25) is 0 Å². The van der Waals surface area contributed by atoms with Crippen LogP contribution in [0.15, 0.2) is 0 Å². The Kier molecular flexibility index (Phi) is 8.27. The van der Waals surface area contributed by atoms with Crippen LogP contribution in [0.1, 0.15) is 25.7 Å².